The summed E-state index contributed by atoms with van der Waals surface area (Å²) >= 11 is 0. The molecule has 180 valence electrons. The lowest BCUT2D eigenvalue weighted by molar-refractivity contribution is 0.0523. The first-order chi connectivity index (χ1) is 16.9. The zero-order chi connectivity index (χ0) is 24.9. The highest BCUT2D eigenvalue weighted by Gasteiger charge is 2.20. The molecule has 0 saturated heterocycles. The van der Waals surface area contributed by atoms with E-state index < -0.39 is 11.9 Å². The Morgan fingerprint density at radius 2 is 1.94 bits per heavy atom. The molecule has 4 aromatic rings. The van der Waals surface area contributed by atoms with E-state index >= 15 is 0 Å². The number of hydrogen-bond donors (Lipinski definition) is 0. The summed E-state index contributed by atoms with van der Waals surface area (Å²) in [6.45, 7) is 4.43. The number of nitrogens with zero attached hydrogens (tertiary/aromatic N) is 4. The first-order valence-electron chi connectivity index (χ1n) is 11.3. The summed E-state index contributed by atoms with van der Waals surface area (Å²) in [5, 5.41) is 0.219. The standard InChI is InChI=1S/C26H26N4O5/c1-4-35-26(33)20-16-19-22(27-21-11-5-6-12-29(21)25(19)32)30(13-8-14-34-3)23(20)28-24(31)18-10-7-9-17(2)15-18/h5-7,9-12,15-16H,4,8,13-14H2,1-3H3. The number of esters is 1. The average Bonchev–Trinajstić information content (AvgIpc) is 2.85. The first-order valence-corrected chi connectivity index (χ1v) is 11.3. The summed E-state index contributed by atoms with van der Waals surface area (Å²) in [6, 6.07) is 13.7. The highest BCUT2D eigenvalue weighted by atomic mass is 16.5. The van der Waals surface area contributed by atoms with Crippen LogP contribution >= 0.6 is 0 Å². The van der Waals surface area contributed by atoms with Gasteiger partial charge in [-0.25, -0.2) is 9.78 Å². The molecule has 0 aliphatic carbocycles. The number of methoxy groups -OCH3 is 1. The Balaban J connectivity index is 2.09. The van der Waals surface area contributed by atoms with Gasteiger partial charge in [0.25, 0.3) is 11.5 Å². The summed E-state index contributed by atoms with van der Waals surface area (Å²) in [4.78, 5) is 48.5. The second-order valence-corrected chi connectivity index (χ2v) is 7.97. The molecule has 9 nitrogen and oxygen atoms in total. The van der Waals surface area contributed by atoms with Crippen molar-refractivity contribution in [3.05, 3.63) is 87.3 Å². The van der Waals surface area contributed by atoms with Gasteiger partial charge in [-0.3, -0.25) is 14.0 Å². The molecule has 3 heterocycles. The molecular weight excluding hydrogens is 448 g/mol. The molecule has 9 heteroatoms. The molecule has 0 bridgehead atoms. The van der Waals surface area contributed by atoms with Crippen LogP contribution in [0.2, 0.25) is 0 Å². The molecule has 35 heavy (non-hydrogen) atoms. The van der Waals surface area contributed by atoms with Crippen molar-refractivity contribution in [3.8, 4) is 0 Å². The zero-order valence-electron chi connectivity index (χ0n) is 19.9. The number of amides is 1. The predicted octanol–water partition coefficient (Wildman–Crippen LogP) is 2.91. The SMILES string of the molecule is CCOC(=O)c1cc2c(=O)n3ccccc3nc2n(CCCOC)c1=NC(=O)c1cccc(C)c1. The van der Waals surface area contributed by atoms with Crippen LogP contribution in [0.25, 0.3) is 16.7 Å². The summed E-state index contributed by atoms with van der Waals surface area (Å²) in [5.41, 5.74) is 1.82. The summed E-state index contributed by atoms with van der Waals surface area (Å²) in [7, 11) is 1.59. The molecular formula is C26H26N4O5. The van der Waals surface area contributed by atoms with E-state index in [1.54, 1.807) is 61.2 Å². The van der Waals surface area contributed by atoms with Crippen LogP contribution in [0.1, 0.15) is 39.6 Å². The molecule has 1 aromatic carbocycles. The lowest BCUT2D eigenvalue weighted by atomic mass is 10.1. The first kappa shape index (κ1) is 24.0. The Morgan fingerprint density at radius 3 is 2.69 bits per heavy atom. The maximum Gasteiger partial charge on any atom is 0.341 e. The number of benzene rings is 1. The van der Waals surface area contributed by atoms with Crippen LogP contribution in [0.3, 0.4) is 0 Å². The van der Waals surface area contributed by atoms with Crippen LogP contribution in [0, 0.1) is 6.92 Å². The van der Waals surface area contributed by atoms with Crippen molar-refractivity contribution < 1.29 is 19.1 Å². The van der Waals surface area contributed by atoms with E-state index in [1.807, 2.05) is 13.0 Å². The van der Waals surface area contributed by atoms with E-state index in [0.29, 0.717) is 36.4 Å². The van der Waals surface area contributed by atoms with Crippen LogP contribution in [-0.4, -0.2) is 46.2 Å². The predicted molar refractivity (Wildman–Crippen MR) is 130 cm³/mol. The Labute approximate surface area is 201 Å². The Bertz CT molecular complexity index is 1550. The van der Waals surface area contributed by atoms with Gasteiger partial charge in [0.1, 0.15) is 16.9 Å². The maximum absolute atomic E-state index is 13.3. The summed E-state index contributed by atoms with van der Waals surface area (Å²) in [5.74, 6) is -1.19. The molecule has 4 rings (SSSR count). The van der Waals surface area contributed by atoms with Gasteiger partial charge >= 0.3 is 5.97 Å². The molecule has 3 aromatic heterocycles. The van der Waals surface area contributed by atoms with Crippen LogP contribution in [0.4, 0.5) is 0 Å². The molecule has 0 N–H and O–H groups in total. The molecule has 0 atom stereocenters. The molecule has 0 unspecified atom stereocenters. The molecule has 0 aliphatic rings. The number of ether oxygens (including phenoxy) is 2. The minimum absolute atomic E-state index is 0.0209. The zero-order valence-corrected chi connectivity index (χ0v) is 19.9. The van der Waals surface area contributed by atoms with E-state index in [-0.39, 0.29) is 28.6 Å². The molecule has 1 amide bonds. The van der Waals surface area contributed by atoms with Crippen molar-refractivity contribution in [1.82, 2.24) is 14.0 Å². The van der Waals surface area contributed by atoms with Gasteiger partial charge in [-0.1, -0.05) is 23.8 Å². The number of aryl methyl sites for hydroxylation is 2. The maximum atomic E-state index is 13.3. The number of hydrogen-bond acceptors (Lipinski definition) is 6. The van der Waals surface area contributed by atoms with E-state index in [2.05, 4.69) is 9.98 Å². The molecule has 0 radical (unpaired) electrons. The van der Waals surface area contributed by atoms with E-state index in [1.165, 1.54) is 10.5 Å². The molecule has 0 aliphatic heterocycles. The second kappa shape index (κ2) is 10.4. The van der Waals surface area contributed by atoms with Crippen molar-refractivity contribution >= 4 is 28.6 Å². The van der Waals surface area contributed by atoms with Crippen molar-refractivity contribution in [1.29, 1.82) is 0 Å². The highest BCUT2D eigenvalue weighted by Crippen LogP contribution is 2.13. The van der Waals surface area contributed by atoms with Gasteiger partial charge in [-0.05, 0) is 50.6 Å². The number of aromatic nitrogens is 3. The highest BCUT2D eigenvalue weighted by molar-refractivity contribution is 5.97. The normalized spacial score (nSPS) is 11.8. The fourth-order valence-electron chi connectivity index (χ4n) is 3.87. The van der Waals surface area contributed by atoms with Crippen LogP contribution in [-0.2, 0) is 16.0 Å². The van der Waals surface area contributed by atoms with Gasteiger partial charge < -0.3 is 14.0 Å². The quantitative estimate of drug-likeness (QED) is 0.232. The van der Waals surface area contributed by atoms with E-state index in [9.17, 15) is 14.4 Å². The van der Waals surface area contributed by atoms with Gasteiger partial charge in [-0.15, -0.1) is 0 Å². The van der Waals surface area contributed by atoms with Crippen LogP contribution in [0.5, 0.6) is 0 Å². The van der Waals surface area contributed by atoms with Gasteiger partial charge in [0.05, 0.1) is 12.0 Å². The van der Waals surface area contributed by atoms with Crippen LogP contribution in [0.15, 0.2) is 64.5 Å². The number of carbonyl (C=O) groups is 2. The Hall–Kier alpha value is -4.11. The molecule has 0 fully saturated rings. The van der Waals surface area contributed by atoms with Gasteiger partial charge in [0, 0.05) is 32.0 Å². The van der Waals surface area contributed by atoms with Gasteiger partial charge in [-0.2, -0.15) is 4.99 Å². The minimum Gasteiger partial charge on any atom is -0.462 e. The lowest BCUT2D eigenvalue weighted by Crippen LogP contribution is -2.33. The number of rotatable bonds is 7. The summed E-state index contributed by atoms with van der Waals surface area (Å²) < 4.78 is 13.5. The third kappa shape index (κ3) is 4.90. The molecule has 0 saturated carbocycles. The monoisotopic (exact) mass is 474 g/mol. The fourth-order valence-corrected chi connectivity index (χ4v) is 3.87. The second-order valence-electron chi connectivity index (χ2n) is 7.97. The topological polar surface area (TPSA) is 104 Å². The minimum atomic E-state index is -0.678. The van der Waals surface area contributed by atoms with Gasteiger partial charge in [0.2, 0.25) is 0 Å². The van der Waals surface area contributed by atoms with Crippen molar-refractivity contribution in [2.75, 3.05) is 20.3 Å². The van der Waals surface area contributed by atoms with E-state index in [4.69, 9.17) is 9.47 Å². The third-order valence-electron chi connectivity index (χ3n) is 5.49. The third-order valence-corrected chi connectivity index (χ3v) is 5.49. The summed E-state index contributed by atoms with van der Waals surface area (Å²) in [6.07, 6.45) is 2.16. The fraction of sp³-hybridized carbons (Fsp3) is 0.269. The lowest BCUT2D eigenvalue weighted by Gasteiger charge is -2.15. The van der Waals surface area contributed by atoms with Crippen molar-refractivity contribution in [2.45, 2.75) is 26.8 Å². The number of carbonyl (C=O) groups excluding carboxylic acids is 2. The van der Waals surface area contributed by atoms with Gasteiger partial charge in [0.15, 0.2) is 5.49 Å². The Morgan fingerprint density at radius 1 is 1.11 bits per heavy atom. The number of pyridine rings is 2. The van der Waals surface area contributed by atoms with Crippen molar-refractivity contribution in [3.63, 3.8) is 0 Å². The van der Waals surface area contributed by atoms with E-state index in [0.717, 1.165) is 5.56 Å². The average molecular weight is 475 g/mol. The molecule has 0 spiro atoms. The number of fused-ring (bicyclic) bond motifs is 2. The Kier molecular flexibility index (Phi) is 7.17. The van der Waals surface area contributed by atoms with Crippen LogP contribution < -0.4 is 11.0 Å². The largest absolute Gasteiger partial charge is 0.462 e. The van der Waals surface area contributed by atoms with Crippen molar-refractivity contribution in [2.24, 2.45) is 4.99 Å². The smallest absolute Gasteiger partial charge is 0.341 e.